The van der Waals surface area contributed by atoms with Crippen molar-refractivity contribution in [3.8, 4) is 122 Å². The molecule has 0 unspecified atom stereocenters. The zero-order valence-corrected chi connectivity index (χ0v) is 69.6. The third-order valence-electron chi connectivity index (χ3n) is 28.4. The third kappa shape index (κ3) is 14.4. The van der Waals surface area contributed by atoms with Crippen molar-refractivity contribution in [1.29, 1.82) is 0 Å². The Morgan fingerprint density at radius 3 is 0.690 bits per heavy atom. The Balaban J connectivity index is 0.577. The summed E-state index contributed by atoms with van der Waals surface area (Å²) in [5, 5.41) is 0. The highest BCUT2D eigenvalue weighted by molar-refractivity contribution is 5.92. The third-order valence-corrected chi connectivity index (χ3v) is 28.4. The van der Waals surface area contributed by atoms with Crippen LogP contribution in [0.5, 0.6) is 0 Å². The first kappa shape index (κ1) is 76.3. The standard InChI is InChI=1S/C113H122/c1-9-13-17-21-25-33-65-112(66-34-26-22-18-14-10-2)102-39-31-29-37-92(102)98-63-57-88(76-108(98)112)86-55-61-96-94-59-53-84(72-104(94)110(5,6)106(96)74-86)80-45-41-78(42-46-80)82-49-51-90-69-91-52-50-83(71-101(91)100(90)70-82)79-43-47-81(48-44-79)85-54-60-95-97-62-56-87(75-107(97)111(7,8)105(95)73-85)89-58-64-99-93-38-30-32-40-103(93)113(109(99)77-89,67-35-27-23-19-15-11-3)68-36-28-24-20-16-12-4/h29-32,37-64,70-77H,9-28,33-36,65-69H2,1-8H3. The van der Waals surface area contributed by atoms with E-state index in [0.29, 0.717) is 0 Å². The first-order valence-electron chi connectivity index (χ1n) is 44.9. The molecule has 0 heteroatoms. The summed E-state index contributed by atoms with van der Waals surface area (Å²) in [6.45, 7) is 19.1. The van der Waals surface area contributed by atoms with Crippen LogP contribution in [0.4, 0.5) is 0 Å². The maximum Gasteiger partial charge on any atom is 0.0215 e. The molecular weight excluding hydrogens is 1360 g/mol. The maximum atomic E-state index is 2.64. The zero-order chi connectivity index (χ0) is 77.3. The predicted octanol–water partition coefficient (Wildman–Crippen LogP) is 33.4. The summed E-state index contributed by atoms with van der Waals surface area (Å²) in [4.78, 5) is 0. The molecule has 0 amide bonds. The van der Waals surface area contributed by atoms with Crippen LogP contribution in [0.1, 0.15) is 291 Å². The summed E-state index contributed by atoms with van der Waals surface area (Å²) in [7, 11) is 0. The first-order chi connectivity index (χ1) is 55.3. The van der Waals surface area contributed by atoms with E-state index in [1.165, 1.54) is 336 Å². The Bertz CT molecular complexity index is 5060. The van der Waals surface area contributed by atoms with Gasteiger partial charge in [-0.25, -0.2) is 0 Å². The molecule has 574 valence electrons. The van der Waals surface area contributed by atoms with Crippen molar-refractivity contribution < 1.29 is 0 Å². The normalized spacial score (nSPS) is 14.7. The van der Waals surface area contributed by atoms with Gasteiger partial charge in [-0.3, -0.25) is 0 Å². The summed E-state index contributed by atoms with van der Waals surface area (Å²) < 4.78 is 0. The van der Waals surface area contributed by atoms with Gasteiger partial charge in [-0.05, 0) is 259 Å². The van der Waals surface area contributed by atoms with Crippen LogP contribution in [-0.2, 0) is 28.1 Å². The van der Waals surface area contributed by atoms with Crippen molar-refractivity contribution in [2.45, 2.75) is 263 Å². The van der Waals surface area contributed by atoms with E-state index < -0.39 is 0 Å². The van der Waals surface area contributed by atoms with Gasteiger partial charge in [0.25, 0.3) is 0 Å². The van der Waals surface area contributed by atoms with Crippen LogP contribution in [0.15, 0.2) is 243 Å². The second-order valence-electron chi connectivity index (χ2n) is 36.2. The second kappa shape index (κ2) is 32.9. The van der Waals surface area contributed by atoms with Gasteiger partial charge in [-0.1, -0.05) is 404 Å². The molecule has 113 heavy (non-hydrogen) atoms. The molecule has 0 spiro atoms. The SMILES string of the molecule is CCCCCCCCC1(CCCCCCCC)c2ccccc2-c2ccc(-c3ccc4c(c3)C(C)(C)c3cc(-c5ccc(-c6ccc7c(c6)-c6cc(-c8ccc(-c9ccc%10c(c9)C(C)(C)c9cc(-c%11ccc%12c(c%11)C(CCCCCCCC)(CCCCCCCC)c%11ccccc%11-%12)ccc9-%10)cc8)ccc6C7)cc5)ccc3-4)cc21. The van der Waals surface area contributed by atoms with Gasteiger partial charge in [0, 0.05) is 21.7 Å². The first-order valence-corrected chi connectivity index (χ1v) is 44.9. The molecule has 0 N–H and O–H groups in total. The van der Waals surface area contributed by atoms with E-state index in [9.17, 15) is 0 Å². The molecule has 0 aliphatic heterocycles. The van der Waals surface area contributed by atoms with Gasteiger partial charge in [-0.15, -0.1) is 0 Å². The highest BCUT2D eigenvalue weighted by atomic mass is 14.5. The lowest BCUT2D eigenvalue weighted by Crippen LogP contribution is -2.25. The van der Waals surface area contributed by atoms with Crippen molar-refractivity contribution in [2.75, 3.05) is 0 Å². The van der Waals surface area contributed by atoms with Gasteiger partial charge in [0.2, 0.25) is 0 Å². The smallest absolute Gasteiger partial charge is 0.0215 e. The van der Waals surface area contributed by atoms with E-state index in [4.69, 9.17) is 0 Å². The monoisotopic (exact) mass is 1480 g/mol. The average molecular weight is 1480 g/mol. The van der Waals surface area contributed by atoms with Crippen LogP contribution >= 0.6 is 0 Å². The highest BCUT2D eigenvalue weighted by Crippen LogP contribution is 2.59. The minimum Gasteiger partial charge on any atom is -0.0654 e. The van der Waals surface area contributed by atoms with Gasteiger partial charge < -0.3 is 0 Å². The summed E-state index contributed by atoms with van der Waals surface area (Å²) in [5.41, 5.74) is 44.2. The van der Waals surface area contributed by atoms with E-state index in [2.05, 4.69) is 298 Å². The molecule has 12 aromatic rings. The van der Waals surface area contributed by atoms with E-state index in [1.54, 1.807) is 22.3 Å². The fraction of sp³-hybridized carbons (Fsp3) is 0.363. The summed E-state index contributed by atoms with van der Waals surface area (Å²) in [6, 6.07) is 96.6. The Morgan fingerprint density at radius 2 is 0.398 bits per heavy atom. The number of benzene rings is 12. The molecule has 0 atom stereocenters. The molecule has 0 saturated heterocycles. The average Bonchev–Trinajstić information content (AvgIpc) is 1.57. The van der Waals surface area contributed by atoms with Crippen molar-refractivity contribution in [1.82, 2.24) is 0 Å². The molecule has 0 fully saturated rings. The number of hydrogen-bond acceptors (Lipinski definition) is 0. The van der Waals surface area contributed by atoms with Crippen LogP contribution in [0.25, 0.3) is 122 Å². The number of rotatable bonds is 34. The Kier molecular flexibility index (Phi) is 22.2. The Hall–Kier alpha value is -9.36. The summed E-state index contributed by atoms with van der Waals surface area (Å²) >= 11 is 0. The number of hydrogen-bond donors (Lipinski definition) is 0. The summed E-state index contributed by atoms with van der Waals surface area (Å²) in [6.07, 6.45) is 37.9. The van der Waals surface area contributed by atoms with Crippen LogP contribution in [0.2, 0.25) is 0 Å². The number of fused-ring (bicyclic) bond motifs is 15. The Morgan fingerprint density at radius 1 is 0.186 bits per heavy atom. The topological polar surface area (TPSA) is 0 Å². The van der Waals surface area contributed by atoms with Crippen LogP contribution in [0, 0.1) is 0 Å². The Labute approximate surface area is 679 Å². The fourth-order valence-electron chi connectivity index (χ4n) is 21.9. The van der Waals surface area contributed by atoms with Crippen LogP contribution in [-0.4, -0.2) is 0 Å². The second-order valence-corrected chi connectivity index (χ2v) is 36.2. The molecule has 0 radical (unpaired) electrons. The highest BCUT2D eigenvalue weighted by Gasteiger charge is 2.45. The van der Waals surface area contributed by atoms with Crippen molar-refractivity contribution in [3.05, 3.63) is 298 Å². The largest absolute Gasteiger partial charge is 0.0654 e. The predicted molar refractivity (Wildman–Crippen MR) is 487 cm³/mol. The molecule has 12 aromatic carbocycles. The van der Waals surface area contributed by atoms with Crippen LogP contribution in [0.3, 0.4) is 0 Å². The minimum atomic E-state index is -0.150. The fourth-order valence-corrected chi connectivity index (χ4v) is 21.9. The van der Waals surface area contributed by atoms with E-state index in [-0.39, 0.29) is 21.7 Å². The maximum absolute atomic E-state index is 2.64. The minimum absolute atomic E-state index is 0.0642. The number of unbranched alkanes of at least 4 members (excludes halogenated alkanes) is 20. The van der Waals surface area contributed by atoms with E-state index in [1.807, 2.05) is 0 Å². The summed E-state index contributed by atoms with van der Waals surface area (Å²) in [5.74, 6) is 0. The van der Waals surface area contributed by atoms with E-state index in [0.717, 1.165) is 6.42 Å². The molecule has 17 rings (SSSR count). The molecule has 5 aliphatic carbocycles. The molecule has 5 aliphatic rings. The lowest BCUT2D eigenvalue weighted by Gasteiger charge is -2.33. The van der Waals surface area contributed by atoms with Gasteiger partial charge in [-0.2, -0.15) is 0 Å². The zero-order valence-electron chi connectivity index (χ0n) is 69.6. The van der Waals surface area contributed by atoms with Crippen molar-refractivity contribution in [2.24, 2.45) is 0 Å². The molecule has 0 heterocycles. The quantitative estimate of drug-likeness (QED) is 0.0353. The van der Waals surface area contributed by atoms with Gasteiger partial charge in [0.05, 0.1) is 0 Å². The molecule has 0 bridgehead atoms. The van der Waals surface area contributed by atoms with E-state index >= 15 is 0 Å². The van der Waals surface area contributed by atoms with Gasteiger partial charge >= 0.3 is 0 Å². The van der Waals surface area contributed by atoms with Gasteiger partial charge in [0.1, 0.15) is 0 Å². The molecule has 0 aromatic heterocycles. The van der Waals surface area contributed by atoms with Crippen LogP contribution < -0.4 is 0 Å². The molecule has 0 nitrogen and oxygen atoms in total. The van der Waals surface area contributed by atoms with Crippen molar-refractivity contribution in [3.63, 3.8) is 0 Å². The van der Waals surface area contributed by atoms with Crippen molar-refractivity contribution >= 4 is 0 Å². The van der Waals surface area contributed by atoms with Gasteiger partial charge in [0.15, 0.2) is 0 Å². The lowest BCUT2D eigenvalue weighted by atomic mass is 9.70. The molecular formula is C113H122. The molecule has 0 saturated carbocycles. The lowest BCUT2D eigenvalue weighted by molar-refractivity contribution is 0.398.